The second-order valence-electron chi connectivity index (χ2n) is 5.37. The Labute approximate surface area is 102 Å². The third-order valence-corrected chi connectivity index (χ3v) is 3.72. The number of hydrogen-bond donors (Lipinski definition) is 2. The topological polar surface area (TPSA) is 38.0 Å². The van der Waals surface area contributed by atoms with Gasteiger partial charge in [0, 0.05) is 12.1 Å². The van der Waals surface area contributed by atoms with Gasteiger partial charge in [-0.3, -0.25) is 0 Å². The van der Waals surface area contributed by atoms with Gasteiger partial charge in [-0.05, 0) is 31.4 Å². The Kier molecular flexibility index (Phi) is 3.67. The molecule has 94 valence electrons. The van der Waals surface area contributed by atoms with Gasteiger partial charge < -0.3 is 11.1 Å². The summed E-state index contributed by atoms with van der Waals surface area (Å²) < 4.78 is 13.6. The molecule has 1 fully saturated rings. The number of halogens is 1. The zero-order valence-corrected chi connectivity index (χ0v) is 10.4. The lowest BCUT2D eigenvalue weighted by Gasteiger charge is -2.37. The van der Waals surface area contributed by atoms with E-state index in [1.807, 2.05) is 6.07 Å². The molecule has 1 aromatic carbocycles. The molecule has 0 saturated heterocycles. The standard InChI is InChI=1S/C14H21FN2/c1-14(10-16,9-11-5-4-6-11)17-13-8-3-2-7-12(13)15/h2-3,7-8,11,17H,4-6,9-10,16H2,1H3. The number of anilines is 1. The van der Waals surface area contributed by atoms with E-state index in [1.165, 1.54) is 25.3 Å². The second-order valence-corrected chi connectivity index (χ2v) is 5.37. The van der Waals surface area contributed by atoms with Crippen LogP contribution in [0.1, 0.15) is 32.6 Å². The minimum absolute atomic E-state index is 0.201. The van der Waals surface area contributed by atoms with Crippen LogP contribution in [0.3, 0.4) is 0 Å². The van der Waals surface area contributed by atoms with Crippen molar-refractivity contribution in [1.82, 2.24) is 0 Å². The summed E-state index contributed by atoms with van der Waals surface area (Å²) in [4.78, 5) is 0. The molecule has 1 aliphatic carbocycles. The van der Waals surface area contributed by atoms with Crippen LogP contribution in [0.5, 0.6) is 0 Å². The summed E-state index contributed by atoms with van der Waals surface area (Å²) in [5.74, 6) is 0.545. The fourth-order valence-corrected chi connectivity index (χ4v) is 2.41. The van der Waals surface area contributed by atoms with Crippen molar-refractivity contribution in [2.45, 2.75) is 38.1 Å². The van der Waals surface area contributed by atoms with Crippen LogP contribution >= 0.6 is 0 Å². The van der Waals surface area contributed by atoms with Crippen molar-refractivity contribution in [3.63, 3.8) is 0 Å². The highest BCUT2D eigenvalue weighted by atomic mass is 19.1. The van der Waals surface area contributed by atoms with Gasteiger partial charge in [0.25, 0.3) is 0 Å². The molecule has 0 aliphatic heterocycles. The molecule has 0 amide bonds. The number of nitrogens with two attached hydrogens (primary N) is 1. The molecule has 1 aliphatic rings. The molecule has 2 nitrogen and oxygen atoms in total. The van der Waals surface area contributed by atoms with Crippen molar-refractivity contribution >= 4 is 5.69 Å². The Morgan fingerprint density at radius 1 is 1.41 bits per heavy atom. The van der Waals surface area contributed by atoms with Gasteiger partial charge in [0.2, 0.25) is 0 Å². The molecule has 17 heavy (non-hydrogen) atoms. The number of hydrogen-bond acceptors (Lipinski definition) is 2. The van der Waals surface area contributed by atoms with Crippen LogP contribution in [0.25, 0.3) is 0 Å². The fraction of sp³-hybridized carbons (Fsp3) is 0.571. The van der Waals surface area contributed by atoms with Crippen molar-refractivity contribution in [2.75, 3.05) is 11.9 Å². The van der Waals surface area contributed by atoms with Crippen molar-refractivity contribution in [3.05, 3.63) is 30.1 Å². The third kappa shape index (κ3) is 2.97. The molecule has 0 aromatic heterocycles. The molecule has 0 radical (unpaired) electrons. The van der Waals surface area contributed by atoms with E-state index in [0.29, 0.717) is 12.2 Å². The number of nitrogens with one attached hydrogen (secondary N) is 1. The van der Waals surface area contributed by atoms with Crippen molar-refractivity contribution < 1.29 is 4.39 Å². The summed E-state index contributed by atoms with van der Waals surface area (Å²) >= 11 is 0. The maximum absolute atomic E-state index is 13.6. The molecule has 3 heteroatoms. The Morgan fingerprint density at radius 2 is 2.12 bits per heavy atom. The van der Waals surface area contributed by atoms with Crippen LogP contribution in [0, 0.1) is 11.7 Å². The lowest BCUT2D eigenvalue weighted by molar-refractivity contribution is 0.248. The highest BCUT2D eigenvalue weighted by Gasteiger charge is 2.30. The van der Waals surface area contributed by atoms with E-state index in [-0.39, 0.29) is 11.4 Å². The zero-order valence-electron chi connectivity index (χ0n) is 10.4. The lowest BCUT2D eigenvalue weighted by Crippen LogP contribution is -2.45. The minimum atomic E-state index is -0.208. The monoisotopic (exact) mass is 236 g/mol. The van der Waals surface area contributed by atoms with Crippen LogP contribution in [-0.4, -0.2) is 12.1 Å². The SMILES string of the molecule is CC(CN)(CC1CCC1)Nc1ccccc1F. The van der Waals surface area contributed by atoms with Crippen molar-refractivity contribution in [3.8, 4) is 0 Å². The molecule has 1 saturated carbocycles. The molecule has 1 unspecified atom stereocenters. The van der Waals surface area contributed by atoms with E-state index < -0.39 is 0 Å². The smallest absolute Gasteiger partial charge is 0.146 e. The zero-order chi connectivity index (χ0) is 12.3. The first kappa shape index (κ1) is 12.4. The first-order valence-electron chi connectivity index (χ1n) is 6.36. The van der Waals surface area contributed by atoms with E-state index in [4.69, 9.17) is 5.73 Å². The predicted molar refractivity (Wildman–Crippen MR) is 69.4 cm³/mol. The maximum Gasteiger partial charge on any atom is 0.146 e. The van der Waals surface area contributed by atoms with E-state index in [0.717, 1.165) is 12.3 Å². The van der Waals surface area contributed by atoms with E-state index in [9.17, 15) is 4.39 Å². The summed E-state index contributed by atoms with van der Waals surface area (Å²) in [6.07, 6.45) is 4.92. The molecule has 3 N–H and O–H groups in total. The van der Waals surface area contributed by atoms with Gasteiger partial charge in [0.15, 0.2) is 0 Å². The first-order chi connectivity index (χ1) is 8.13. The summed E-state index contributed by atoms with van der Waals surface area (Å²) in [6.45, 7) is 2.61. The van der Waals surface area contributed by atoms with Gasteiger partial charge in [-0.1, -0.05) is 31.4 Å². The quantitative estimate of drug-likeness (QED) is 0.824. The molecule has 0 heterocycles. The van der Waals surface area contributed by atoms with Gasteiger partial charge >= 0.3 is 0 Å². The third-order valence-electron chi connectivity index (χ3n) is 3.72. The predicted octanol–water partition coefficient (Wildman–Crippen LogP) is 3.15. The molecular formula is C14H21FN2. The first-order valence-corrected chi connectivity index (χ1v) is 6.36. The summed E-state index contributed by atoms with van der Waals surface area (Å²) in [5, 5.41) is 3.27. The average molecular weight is 236 g/mol. The second kappa shape index (κ2) is 5.05. The molecule has 0 bridgehead atoms. The van der Waals surface area contributed by atoms with Gasteiger partial charge in [0.1, 0.15) is 5.82 Å². The summed E-state index contributed by atoms with van der Waals surface area (Å²) in [5.41, 5.74) is 6.20. The highest BCUT2D eigenvalue weighted by molar-refractivity contribution is 5.46. The van der Waals surface area contributed by atoms with E-state index in [2.05, 4.69) is 12.2 Å². The number of rotatable bonds is 5. The highest BCUT2D eigenvalue weighted by Crippen LogP contribution is 2.35. The molecule has 1 atom stereocenters. The summed E-state index contributed by atoms with van der Waals surface area (Å²) in [6, 6.07) is 6.78. The minimum Gasteiger partial charge on any atom is -0.376 e. The van der Waals surface area contributed by atoms with Gasteiger partial charge in [-0.2, -0.15) is 0 Å². The Balaban J connectivity index is 2.05. The van der Waals surface area contributed by atoms with Crippen LogP contribution < -0.4 is 11.1 Å². The Morgan fingerprint density at radius 3 is 2.65 bits per heavy atom. The van der Waals surface area contributed by atoms with Crippen LogP contribution in [0.2, 0.25) is 0 Å². The van der Waals surface area contributed by atoms with Gasteiger partial charge in [-0.15, -0.1) is 0 Å². The largest absolute Gasteiger partial charge is 0.376 e. The van der Waals surface area contributed by atoms with Crippen LogP contribution in [-0.2, 0) is 0 Å². The van der Waals surface area contributed by atoms with E-state index >= 15 is 0 Å². The molecule has 0 spiro atoms. The van der Waals surface area contributed by atoms with Crippen molar-refractivity contribution in [2.24, 2.45) is 11.7 Å². The van der Waals surface area contributed by atoms with Gasteiger partial charge in [-0.25, -0.2) is 4.39 Å². The molecule has 2 rings (SSSR count). The Hall–Kier alpha value is -1.09. The average Bonchev–Trinajstić information content (AvgIpc) is 2.27. The Bertz CT molecular complexity index is 376. The lowest BCUT2D eigenvalue weighted by atomic mass is 9.76. The number of para-hydroxylation sites is 1. The van der Waals surface area contributed by atoms with Crippen LogP contribution in [0.4, 0.5) is 10.1 Å². The molecule has 1 aromatic rings. The molecular weight excluding hydrogens is 215 g/mol. The number of benzene rings is 1. The normalized spacial score (nSPS) is 19.5. The maximum atomic E-state index is 13.6. The summed E-state index contributed by atoms with van der Waals surface area (Å²) in [7, 11) is 0. The fourth-order valence-electron chi connectivity index (χ4n) is 2.41. The van der Waals surface area contributed by atoms with Crippen molar-refractivity contribution in [1.29, 1.82) is 0 Å². The van der Waals surface area contributed by atoms with Gasteiger partial charge in [0.05, 0.1) is 5.69 Å². The van der Waals surface area contributed by atoms with E-state index in [1.54, 1.807) is 12.1 Å². The van der Waals surface area contributed by atoms with Crippen LogP contribution in [0.15, 0.2) is 24.3 Å².